The fourth-order valence-corrected chi connectivity index (χ4v) is 5.39. The van der Waals surface area contributed by atoms with Gasteiger partial charge in [0.1, 0.15) is 0 Å². The smallest absolute Gasteiger partial charge is 0.0120 e. The average molecular weight is 290 g/mol. The molecule has 0 saturated heterocycles. The van der Waals surface area contributed by atoms with Gasteiger partial charge in [0.2, 0.25) is 0 Å². The molecule has 0 aromatic heterocycles. The monoisotopic (exact) mass is 290 g/mol. The Kier molecular flexibility index (Phi) is 3.56. The second-order valence-corrected chi connectivity index (χ2v) is 7.58. The summed E-state index contributed by atoms with van der Waals surface area (Å²) in [5.41, 5.74) is 3.01. The number of benzene rings is 2. The molecule has 114 valence electrons. The largest absolute Gasteiger partial charge is 0.0622 e. The third kappa shape index (κ3) is 2.20. The standard InChI is InChI=1S/C22H26/c1-15-16(2)20-13-19(15)14-21(20)22(17-9-5-3-6-10-17)18-11-7-4-8-12-18/h3-12,15-16,19-22H,13-14H2,1-2H3. The molecule has 5 atom stereocenters. The second kappa shape index (κ2) is 5.57. The topological polar surface area (TPSA) is 0 Å². The number of fused-ring (bicyclic) bond motifs is 2. The van der Waals surface area contributed by atoms with Crippen molar-refractivity contribution < 1.29 is 0 Å². The van der Waals surface area contributed by atoms with Gasteiger partial charge < -0.3 is 0 Å². The maximum absolute atomic E-state index is 2.49. The summed E-state index contributed by atoms with van der Waals surface area (Å²) >= 11 is 0. The van der Waals surface area contributed by atoms with Crippen LogP contribution in [0, 0.1) is 29.6 Å². The normalized spacial score (nSPS) is 33.5. The molecular formula is C22H26. The first-order valence-electron chi connectivity index (χ1n) is 8.85. The highest BCUT2D eigenvalue weighted by molar-refractivity contribution is 5.34. The highest BCUT2D eigenvalue weighted by Crippen LogP contribution is 2.59. The molecule has 2 aromatic rings. The maximum atomic E-state index is 2.49. The van der Waals surface area contributed by atoms with Gasteiger partial charge in [-0.15, -0.1) is 0 Å². The third-order valence-electron chi connectivity index (χ3n) is 6.69. The Bertz CT molecular complexity index is 574. The highest BCUT2D eigenvalue weighted by atomic mass is 14.6. The lowest BCUT2D eigenvalue weighted by Crippen LogP contribution is -2.29. The molecule has 0 N–H and O–H groups in total. The zero-order valence-corrected chi connectivity index (χ0v) is 13.7. The van der Waals surface area contributed by atoms with Crippen LogP contribution in [0.2, 0.25) is 0 Å². The molecule has 22 heavy (non-hydrogen) atoms. The lowest BCUT2D eigenvalue weighted by molar-refractivity contribution is 0.176. The Morgan fingerprint density at radius 1 is 0.727 bits per heavy atom. The van der Waals surface area contributed by atoms with Crippen LogP contribution >= 0.6 is 0 Å². The van der Waals surface area contributed by atoms with E-state index >= 15 is 0 Å². The number of rotatable bonds is 3. The Morgan fingerprint density at radius 3 is 1.73 bits per heavy atom. The van der Waals surface area contributed by atoms with E-state index in [2.05, 4.69) is 74.5 Å². The van der Waals surface area contributed by atoms with Gasteiger partial charge >= 0.3 is 0 Å². The quantitative estimate of drug-likeness (QED) is 0.675. The van der Waals surface area contributed by atoms with Crippen LogP contribution in [0.3, 0.4) is 0 Å². The van der Waals surface area contributed by atoms with Gasteiger partial charge in [-0.05, 0) is 53.6 Å². The molecule has 0 spiro atoms. The van der Waals surface area contributed by atoms with Crippen molar-refractivity contribution in [3.8, 4) is 0 Å². The number of hydrogen-bond donors (Lipinski definition) is 0. The zero-order chi connectivity index (χ0) is 15.1. The summed E-state index contributed by atoms with van der Waals surface area (Å²) in [5, 5.41) is 0. The van der Waals surface area contributed by atoms with Crippen molar-refractivity contribution in [2.24, 2.45) is 29.6 Å². The van der Waals surface area contributed by atoms with Gasteiger partial charge in [-0.25, -0.2) is 0 Å². The van der Waals surface area contributed by atoms with Crippen molar-refractivity contribution in [1.29, 1.82) is 0 Å². The van der Waals surface area contributed by atoms with E-state index in [0.29, 0.717) is 5.92 Å². The van der Waals surface area contributed by atoms with E-state index < -0.39 is 0 Å². The lowest BCUT2D eigenvalue weighted by atomic mass is 9.67. The third-order valence-corrected chi connectivity index (χ3v) is 6.69. The van der Waals surface area contributed by atoms with Crippen LogP contribution in [-0.4, -0.2) is 0 Å². The Hall–Kier alpha value is -1.56. The molecule has 0 nitrogen and oxygen atoms in total. The van der Waals surface area contributed by atoms with Crippen LogP contribution in [0.4, 0.5) is 0 Å². The Labute approximate surface area is 134 Å². The van der Waals surface area contributed by atoms with Crippen molar-refractivity contribution in [2.75, 3.05) is 0 Å². The molecule has 2 aromatic carbocycles. The maximum Gasteiger partial charge on any atom is 0.0120 e. The van der Waals surface area contributed by atoms with Crippen LogP contribution in [-0.2, 0) is 0 Å². The van der Waals surface area contributed by atoms with Gasteiger partial charge in [0.05, 0.1) is 0 Å². The molecule has 0 radical (unpaired) electrons. The molecule has 2 aliphatic rings. The molecule has 0 aliphatic heterocycles. The van der Waals surface area contributed by atoms with E-state index in [-0.39, 0.29) is 0 Å². The van der Waals surface area contributed by atoms with E-state index in [0.717, 1.165) is 29.6 Å². The first kappa shape index (κ1) is 14.1. The molecule has 2 fully saturated rings. The van der Waals surface area contributed by atoms with Crippen LogP contribution < -0.4 is 0 Å². The molecular weight excluding hydrogens is 264 g/mol. The van der Waals surface area contributed by atoms with E-state index in [4.69, 9.17) is 0 Å². The fourth-order valence-electron chi connectivity index (χ4n) is 5.39. The summed E-state index contributed by atoms with van der Waals surface area (Å²) in [7, 11) is 0. The van der Waals surface area contributed by atoms with Gasteiger partial charge in [-0.1, -0.05) is 74.5 Å². The van der Waals surface area contributed by atoms with Crippen molar-refractivity contribution in [3.63, 3.8) is 0 Å². The first-order valence-corrected chi connectivity index (χ1v) is 8.85. The van der Waals surface area contributed by atoms with Gasteiger partial charge in [0.15, 0.2) is 0 Å². The van der Waals surface area contributed by atoms with Crippen molar-refractivity contribution in [2.45, 2.75) is 32.6 Å². The van der Waals surface area contributed by atoms with Crippen molar-refractivity contribution in [3.05, 3.63) is 71.8 Å². The van der Waals surface area contributed by atoms with Crippen LogP contribution in [0.15, 0.2) is 60.7 Å². The van der Waals surface area contributed by atoms with Crippen LogP contribution in [0.25, 0.3) is 0 Å². The van der Waals surface area contributed by atoms with Gasteiger partial charge in [0, 0.05) is 5.92 Å². The molecule has 2 saturated carbocycles. The van der Waals surface area contributed by atoms with Crippen molar-refractivity contribution >= 4 is 0 Å². The molecule has 2 aliphatic carbocycles. The van der Waals surface area contributed by atoms with E-state index in [1.807, 2.05) is 0 Å². The predicted octanol–water partition coefficient (Wildman–Crippen LogP) is 5.75. The SMILES string of the molecule is CC1C2CC(C(c3ccccc3)c3ccccc3)C(C2)C1C. The molecule has 0 heterocycles. The summed E-state index contributed by atoms with van der Waals surface area (Å²) in [6.45, 7) is 4.97. The minimum absolute atomic E-state index is 0.576. The average Bonchev–Trinajstić information content (AvgIpc) is 3.10. The number of hydrogen-bond acceptors (Lipinski definition) is 0. The van der Waals surface area contributed by atoms with Gasteiger partial charge in [0.25, 0.3) is 0 Å². The van der Waals surface area contributed by atoms with E-state index in [1.54, 1.807) is 0 Å². The van der Waals surface area contributed by atoms with Crippen LogP contribution in [0.1, 0.15) is 43.7 Å². The van der Waals surface area contributed by atoms with Gasteiger partial charge in [-0.2, -0.15) is 0 Å². The molecule has 0 heteroatoms. The summed E-state index contributed by atoms with van der Waals surface area (Å²) in [5.74, 6) is 5.07. The summed E-state index contributed by atoms with van der Waals surface area (Å²) in [6, 6.07) is 22.4. The lowest BCUT2D eigenvalue weighted by Gasteiger charge is -2.37. The molecule has 4 rings (SSSR count). The molecule has 0 amide bonds. The zero-order valence-electron chi connectivity index (χ0n) is 13.7. The summed E-state index contributed by atoms with van der Waals surface area (Å²) < 4.78 is 0. The summed E-state index contributed by atoms with van der Waals surface area (Å²) in [4.78, 5) is 0. The van der Waals surface area contributed by atoms with E-state index in [9.17, 15) is 0 Å². The molecule has 5 unspecified atom stereocenters. The predicted molar refractivity (Wildman–Crippen MR) is 92.8 cm³/mol. The molecule has 2 bridgehead atoms. The first-order chi connectivity index (χ1) is 10.8. The van der Waals surface area contributed by atoms with Crippen LogP contribution in [0.5, 0.6) is 0 Å². The van der Waals surface area contributed by atoms with Gasteiger partial charge in [-0.3, -0.25) is 0 Å². The Balaban J connectivity index is 1.73. The minimum Gasteiger partial charge on any atom is -0.0622 e. The highest BCUT2D eigenvalue weighted by Gasteiger charge is 2.51. The Morgan fingerprint density at radius 2 is 1.27 bits per heavy atom. The second-order valence-electron chi connectivity index (χ2n) is 7.58. The van der Waals surface area contributed by atoms with Crippen molar-refractivity contribution in [1.82, 2.24) is 0 Å². The minimum atomic E-state index is 0.576. The summed E-state index contributed by atoms with van der Waals surface area (Å²) in [6.07, 6.45) is 2.88. The fraction of sp³-hybridized carbons (Fsp3) is 0.455. The van der Waals surface area contributed by atoms with E-state index in [1.165, 1.54) is 24.0 Å².